The highest BCUT2D eigenvalue weighted by molar-refractivity contribution is 5.93. The molecule has 0 heterocycles. The Bertz CT molecular complexity index is 805. The van der Waals surface area contributed by atoms with Crippen molar-refractivity contribution in [3.63, 3.8) is 0 Å². The molecule has 0 radical (unpaired) electrons. The van der Waals surface area contributed by atoms with Crippen molar-refractivity contribution in [3.8, 4) is 5.75 Å². The minimum atomic E-state index is -0.449. The lowest BCUT2D eigenvalue weighted by molar-refractivity contribution is -0.129. The number of rotatable bonds is 7. The zero-order chi connectivity index (χ0) is 19.8. The van der Waals surface area contributed by atoms with E-state index >= 15 is 0 Å². The number of para-hydroxylation sites is 2. The van der Waals surface area contributed by atoms with Gasteiger partial charge in [0.2, 0.25) is 5.91 Å². The number of anilines is 1. The first kappa shape index (κ1) is 20.3. The predicted molar refractivity (Wildman–Crippen MR) is 107 cm³/mol. The fourth-order valence-electron chi connectivity index (χ4n) is 2.68. The van der Waals surface area contributed by atoms with Crippen molar-refractivity contribution in [3.05, 3.63) is 59.2 Å². The number of nitrogens with zero attached hydrogens (tertiary/aromatic N) is 1. The van der Waals surface area contributed by atoms with Crippen LogP contribution >= 0.6 is 0 Å². The summed E-state index contributed by atoms with van der Waals surface area (Å²) in [6, 6.07) is 12.9. The van der Waals surface area contributed by atoms with E-state index in [1.54, 1.807) is 30.1 Å². The molecule has 144 valence electrons. The van der Waals surface area contributed by atoms with Crippen LogP contribution in [0.5, 0.6) is 5.75 Å². The summed E-state index contributed by atoms with van der Waals surface area (Å²) in [5.41, 5.74) is 3.99. The van der Waals surface area contributed by atoms with Gasteiger partial charge in [0.15, 0.2) is 0 Å². The molecule has 0 aliphatic rings. The molecule has 0 saturated heterocycles. The van der Waals surface area contributed by atoms with Gasteiger partial charge < -0.3 is 20.3 Å². The van der Waals surface area contributed by atoms with Gasteiger partial charge >= 0.3 is 6.03 Å². The van der Waals surface area contributed by atoms with Crippen molar-refractivity contribution in [1.29, 1.82) is 0 Å². The third-order valence-corrected chi connectivity index (χ3v) is 4.17. The van der Waals surface area contributed by atoms with E-state index in [0.29, 0.717) is 24.6 Å². The Morgan fingerprint density at radius 3 is 2.56 bits per heavy atom. The highest BCUT2D eigenvalue weighted by Gasteiger charge is 2.13. The second-order valence-electron chi connectivity index (χ2n) is 6.42. The molecule has 0 unspecified atom stereocenters. The van der Waals surface area contributed by atoms with E-state index < -0.39 is 6.03 Å². The van der Waals surface area contributed by atoms with E-state index in [9.17, 15) is 9.59 Å². The average Bonchev–Trinajstić information content (AvgIpc) is 2.63. The van der Waals surface area contributed by atoms with Crippen molar-refractivity contribution in [2.75, 3.05) is 25.5 Å². The molecular weight excluding hydrogens is 342 g/mol. The second-order valence-corrected chi connectivity index (χ2v) is 6.42. The van der Waals surface area contributed by atoms with Gasteiger partial charge in [-0.25, -0.2) is 4.79 Å². The number of urea groups is 1. The maximum Gasteiger partial charge on any atom is 0.319 e. The number of likely N-dealkylation sites (N-methyl/N-ethyl adjacent to an activating group) is 1. The van der Waals surface area contributed by atoms with Gasteiger partial charge in [-0.05, 0) is 44.0 Å². The Morgan fingerprint density at radius 1 is 1.11 bits per heavy atom. The highest BCUT2D eigenvalue weighted by Crippen LogP contribution is 2.23. The third kappa shape index (κ3) is 6.02. The first-order chi connectivity index (χ1) is 12.9. The van der Waals surface area contributed by atoms with Crippen LogP contribution in [-0.4, -0.2) is 37.0 Å². The standard InChI is InChI=1S/C21H27N3O3/c1-5-27-19-9-7-6-8-18(19)23-21(26)22-13-20(25)24(4)14-17-11-10-15(2)12-16(17)3/h6-12H,5,13-14H2,1-4H3,(H2,22,23,26). The Labute approximate surface area is 160 Å². The molecule has 2 N–H and O–H groups in total. The number of ether oxygens (including phenoxy) is 1. The fraction of sp³-hybridized carbons (Fsp3) is 0.333. The first-order valence-electron chi connectivity index (χ1n) is 8.97. The van der Waals surface area contributed by atoms with Crippen LogP contribution in [0.25, 0.3) is 0 Å². The molecule has 6 nitrogen and oxygen atoms in total. The van der Waals surface area contributed by atoms with Gasteiger partial charge in [-0.15, -0.1) is 0 Å². The van der Waals surface area contributed by atoms with Gasteiger partial charge in [-0.2, -0.15) is 0 Å². The topological polar surface area (TPSA) is 70.7 Å². The van der Waals surface area contributed by atoms with Gasteiger partial charge in [0.05, 0.1) is 18.8 Å². The largest absolute Gasteiger partial charge is 0.492 e. The predicted octanol–water partition coefficient (Wildman–Crippen LogP) is 3.48. The number of carbonyl (C=O) groups excluding carboxylic acids is 2. The number of amides is 3. The van der Waals surface area contributed by atoms with Crippen molar-refractivity contribution >= 4 is 17.6 Å². The summed E-state index contributed by atoms with van der Waals surface area (Å²) in [7, 11) is 1.73. The summed E-state index contributed by atoms with van der Waals surface area (Å²) < 4.78 is 5.47. The fourth-order valence-corrected chi connectivity index (χ4v) is 2.68. The molecule has 6 heteroatoms. The molecule has 27 heavy (non-hydrogen) atoms. The molecule has 2 aromatic rings. The van der Waals surface area contributed by atoms with E-state index in [4.69, 9.17) is 4.74 Å². The second kappa shape index (κ2) is 9.62. The van der Waals surface area contributed by atoms with Crippen LogP contribution in [0.3, 0.4) is 0 Å². The zero-order valence-corrected chi connectivity index (χ0v) is 16.3. The van der Waals surface area contributed by atoms with Gasteiger partial charge in [-0.1, -0.05) is 35.9 Å². The highest BCUT2D eigenvalue weighted by atomic mass is 16.5. The normalized spacial score (nSPS) is 10.2. The summed E-state index contributed by atoms with van der Waals surface area (Å²) >= 11 is 0. The molecule has 0 aliphatic heterocycles. The average molecular weight is 369 g/mol. The summed E-state index contributed by atoms with van der Waals surface area (Å²) in [6.07, 6.45) is 0. The molecule has 0 aliphatic carbocycles. The van der Waals surface area contributed by atoms with E-state index in [-0.39, 0.29) is 12.5 Å². The molecular formula is C21H27N3O3. The quantitative estimate of drug-likeness (QED) is 0.785. The molecule has 0 aromatic heterocycles. The van der Waals surface area contributed by atoms with E-state index in [1.807, 2.05) is 39.0 Å². The number of hydrogen-bond donors (Lipinski definition) is 2. The SMILES string of the molecule is CCOc1ccccc1NC(=O)NCC(=O)N(C)Cc1ccc(C)cc1C. The first-order valence-corrected chi connectivity index (χ1v) is 8.97. The molecule has 2 rings (SSSR count). The maximum atomic E-state index is 12.3. The summed E-state index contributed by atoms with van der Waals surface area (Å²) in [4.78, 5) is 26.0. The number of benzene rings is 2. The summed E-state index contributed by atoms with van der Waals surface area (Å²) in [6.45, 7) is 6.87. The van der Waals surface area contributed by atoms with Crippen LogP contribution in [0, 0.1) is 13.8 Å². The van der Waals surface area contributed by atoms with Gasteiger partial charge in [-0.3, -0.25) is 4.79 Å². The molecule has 0 saturated carbocycles. The van der Waals surface area contributed by atoms with E-state index in [2.05, 4.69) is 16.7 Å². The Kier molecular flexibility index (Phi) is 7.23. The molecule has 0 atom stereocenters. The number of nitrogens with one attached hydrogen (secondary N) is 2. The van der Waals surface area contributed by atoms with Crippen LogP contribution in [0.2, 0.25) is 0 Å². The van der Waals surface area contributed by atoms with Crippen LogP contribution in [0.1, 0.15) is 23.6 Å². The van der Waals surface area contributed by atoms with Gasteiger partial charge in [0, 0.05) is 13.6 Å². The molecule has 0 fully saturated rings. The molecule has 3 amide bonds. The van der Waals surface area contributed by atoms with E-state index in [1.165, 1.54) is 5.56 Å². The van der Waals surface area contributed by atoms with Crippen molar-refractivity contribution in [1.82, 2.24) is 10.2 Å². The number of hydrogen-bond acceptors (Lipinski definition) is 3. The van der Waals surface area contributed by atoms with Crippen LogP contribution in [0.15, 0.2) is 42.5 Å². The Morgan fingerprint density at radius 2 is 1.85 bits per heavy atom. The molecule has 2 aromatic carbocycles. The van der Waals surface area contributed by atoms with Crippen LogP contribution in [0.4, 0.5) is 10.5 Å². The van der Waals surface area contributed by atoms with Crippen molar-refractivity contribution in [2.45, 2.75) is 27.3 Å². The minimum absolute atomic E-state index is 0.0793. The number of carbonyl (C=O) groups is 2. The molecule has 0 spiro atoms. The zero-order valence-electron chi connectivity index (χ0n) is 16.3. The monoisotopic (exact) mass is 369 g/mol. The lowest BCUT2D eigenvalue weighted by atomic mass is 10.1. The van der Waals surface area contributed by atoms with Crippen molar-refractivity contribution in [2.24, 2.45) is 0 Å². The smallest absolute Gasteiger partial charge is 0.319 e. The summed E-state index contributed by atoms with van der Waals surface area (Å²) in [5.74, 6) is 0.427. The number of aryl methyl sites for hydroxylation is 2. The Hall–Kier alpha value is -3.02. The van der Waals surface area contributed by atoms with Crippen LogP contribution < -0.4 is 15.4 Å². The molecule has 0 bridgehead atoms. The lowest BCUT2D eigenvalue weighted by Crippen LogP contribution is -2.39. The van der Waals surface area contributed by atoms with Crippen molar-refractivity contribution < 1.29 is 14.3 Å². The lowest BCUT2D eigenvalue weighted by Gasteiger charge is -2.19. The van der Waals surface area contributed by atoms with Gasteiger partial charge in [0.25, 0.3) is 0 Å². The van der Waals surface area contributed by atoms with E-state index in [0.717, 1.165) is 11.1 Å². The summed E-state index contributed by atoms with van der Waals surface area (Å²) in [5, 5.41) is 5.30. The minimum Gasteiger partial charge on any atom is -0.492 e. The Balaban J connectivity index is 1.86. The van der Waals surface area contributed by atoms with Gasteiger partial charge in [0.1, 0.15) is 5.75 Å². The third-order valence-electron chi connectivity index (χ3n) is 4.17. The maximum absolute atomic E-state index is 12.3. The van der Waals surface area contributed by atoms with Crippen LogP contribution in [-0.2, 0) is 11.3 Å².